The molecule has 6 heteroatoms. The number of nitrogens with one attached hydrogen (secondary N) is 1. The molecule has 2 unspecified atom stereocenters. The summed E-state index contributed by atoms with van der Waals surface area (Å²) in [4.78, 5) is 24.4. The smallest absolute Gasteiger partial charge is 0.407 e. The van der Waals surface area contributed by atoms with Crippen LogP contribution in [0.15, 0.2) is 0 Å². The zero-order valence-corrected chi connectivity index (χ0v) is 10.6. The van der Waals surface area contributed by atoms with Crippen molar-refractivity contribution in [3.63, 3.8) is 0 Å². The van der Waals surface area contributed by atoms with Crippen molar-refractivity contribution >= 4 is 12.1 Å². The molecule has 0 aromatic rings. The average Bonchev–Trinajstić information content (AvgIpc) is 2.77. The molecule has 1 saturated heterocycles. The van der Waals surface area contributed by atoms with Crippen LogP contribution in [0.3, 0.4) is 0 Å². The highest BCUT2D eigenvalue weighted by atomic mass is 16.5. The fourth-order valence-electron chi connectivity index (χ4n) is 1.98. The van der Waals surface area contributed by atoms with Gasteiger partial charge in [-0.2, -0.15) is 0 Å². The number of carbonyl (C=O) groups is 2. The van der Waals surface area contributed by atoms with Crippen molar-refractivity contribution in [2.45, 2.75) is 31.8 Å². The maximum Gasteiger partial charge on any atom is 0.407 e. The lowest BCUT2D eigenvalue weighted by molar-refractivity contribution is -0.141. The van der Waals surface area contributed by atoms with Crippen molar-refractivity contribution < 1.29 is 19.1 Å². The van der Waals surface area contributed by atoms with Gasteiger partial charge in [-0.3, -0.25) is 9.69 Å². The molecular formula is C11H20N2O4. The summed E-state index contributed by atoms with van der Waals surface area (Å²) in [5.41, 5.74) is 0. The summed E-state index contributed by atoms with van der Waals surface area (Å²) in [5, 5.41) is 2.76. The van der Waals surface area contributed by atoms with E-state index in [1.165, 1.54) is 14.2 Å². The molecule has 1 heterocycles. The van der Waals surface area contributed by atoms with Gasteiger partial charge in [-0.15, -0.1) is 0 Å². The lowest BCUT2D eigenvalue weighted by atomic mass is 10.2. The molecule has 0 spiro atoms. The first kappa shape index (κ1) is 13.8. The number of hydrogen-bond donors (Lipinski definition) is 1. The highest BCUT2D eigenvalue weighted by Crippen LogP contribution is 2.15. The van der Waals surface area contributed by atoms with Crippen LogP contribution in [-0.2, 0) is 14.3 Å². The monoisotopic (exact) mass is 244 g/mol. The van der Waals surface area contributed by atoms with E-state index < -0.39 is 6.09 Å². The molecule has 0 aliphatic carbocycles. The average molecular weight is 244 g/mol. The molecule has 1 aliphatic rings. The first-order chi connectivity index (χ1) is 8.06. The van der Waals surface area contributed by atoms with Crippen molar-refractivity contribution in [3.8, 4) is 0 Å². The number of alkyl carbamates (subject to hydrolysis) is 1. The van der Waals surface area contributed by atoms with Crippen molar-refractivity contribution in [2.24, 2.45) is 0 Å². The Morgan fingerprint density at radius 1 is 1.41 bits per heavy atom. The van der Waals surface area contributed by atoms with E-state index in [2.05, 4.69) is 19.7 Å². The first-order valence-electron chi connectivity index (χ1n) is 5.72. The molecule has 0 aromatic heterocycles. The lowest BCUT2D eigenvalue weighted by Gasteiger charge is -2.23. The molecule has 1 fully saturated rings. The molecule has 0 bridgehead atoms. The number of rotatable bonds is 4. The Hall–Kier alpha value is -1.30. The summed E-state index contributed by atoms with van der Waals surface area (Å²) in [6.07, 6.45) is 0.847. The van der Waals surface area contributed by atoms with Crippen LogP contribution >= 0.6 is 0 Å². The van der Waals surface area contributed by atoms with Gasteiger partial charge >= 0.3 is 12.1 Å². The van der Waals surface area contributed by atoms with Crippen LogP contribution in [0, 0.1) is 0 Å². The summed E-state index contributed by atoms with van der Waals surface area (Å²) in [6, 6.07) is 0.231. The molecule has 2 atom stereocenters. The van der Waals surface area contributed by atoms with E-state index >= 15 is 0 Å². The summed E-state index contributed by atoms with van der Waals surface area (Å²) < 4.78 is 9.18. The van der Waals surface area contributed by atoms with Crippen LogP contribution in [0.5, 0.6) is 0 Å². The van der Waals surface area contributed by atoms with Gasteiger partial charge in [0.2, 0.25) is 0 Å². The Labute approximate surface area is 101 Å². The number of ether oxygens (including phenoxy) is 2. The van der Waals surface area contributed by atoms with Crippen molar-refractivity contribution in [2.75, 3.05) is 27.3 Å². The summed E-state index contributed by atoms with van der Waals surface area (Å²) >= 11 is 0. The number of nitrogens with zero attached hydrogens (tertiary/aromatic N) is 1. The van der Waals surface area contributed by atoms with Gasteiger partial charge in [-0.25, -0.2) is 4.79 Å². The third-order valence-corrected chi connectivity index (χ3v) is 3.04. The van der Waals surface area contributed by atoms with Crippen LogP contribution in [0.1, 0.15) is 19.8 Å². The number of methoxy groups -OCH3 is 2. The second kappa shape index (κ2) is 6.44. The second-order valence-electron chi connectivity index (χ2n) is 4.25. The minimum absolute atomic E-state index is 0.0996. The van der Waals surface area contributed by atoms with Crippen LogP contribution in [0.4, 0.5) is 4.79 Å². The molecule has 6 nitrogen and oxygen atoms in total. The Morgan fingerprint density at radius 2 is 2.12 bits per heavy atom. The number of esters is 1. The van der Waals surface area contributed by atoms with Gasteiger partial charge < -0.3 is 14.8 Å². The lowest BCUT2D eigenvalue weighted by Crippen LogP contribution is -2.39. The topological polar surface area (TPSA) is 67.9 Å². The predicted octanol–water partition coefficient (Wildman–Crippen LogP) is 0.368. The van der Waals surface area contributed by atoms with Crippen LogP contribution in [0.25, 0.3) is 0 Å². The molecule has 1 amide bonds. The highest BCUT2D eigenvalue weighted by Gasteiger charge is 2.28. The van der Waals surface area contributed by atoms with Crippen LogP contribution in [-0.4, -0.2) is 56.4 Å². The maximum absolute atomic E-state index is 11.1. The van der Waals surface area contributed by atoms with E-state index in [9.17, 15) is 9.59 Å². The molecule has 0 radical (unpaired) electrons. The minimum atomic E-state index is -0.405. The van der Waals surface area contributed by atoms with E-state index in [1.807, 2.05) is 6.92 Å². The van der Waals surface area contributed by atoms with Gasteiger partial charge in [0.1, 0.15) is 0 Å². The molecular weight excluding hydrogens is 224 g/mol. The fourth-order valence-corrected chi connectivity index (χ4v) is 1.98. The Bertz CT molecular complexity index is 283. The van der Waals surface area contributed by atoms with Crippen molar-refractivity contribution in [1.82, 2.24) is 10.2 Å². The van der Waals surface area contributed by atoms with Gasteiger partial charge in [0.05, 0.1) is 20.6 Å². The minimum Gasteiger partial charge on any atom is -0.469 e. The number of likely N-dealkylation sites (tertiary alicyclic amines) is 1. The standard InChI is InChI=1S/C11H20N2O4/c1-8(6-10(14)16-2)13-5-4-9(7-13)12-11(15)17-3/h8-9H,4-7H2,1-3H3,(H,12,15). The molecule has 0 aromatic carbocycles. The van der Waals surface area contributed by atoms with Crippen LogP contribution in [0.2, 0.25) is 0 Å². The molecule has 98 valence electrons. The van der Waals surface area contributed by atoms with E-state index in [0.29, 0.717) is 6.42 Å². The van der Waals surface area contributed by atoms with Crippen molar-refractivity contribution in [1.29, 1.82) is 0 Å². The SMILES string of the molecule is COC(=O)CC(C)N1CCC(NC(=O)OC)C1. The fraction of sp³-hybridized carbons (Fsp3) is 0.818. The van der Waals surface area contributed by atoms with Crippen LogP contribution < -0.4 is 5.32 Å². The largest absolute Gasteiger partial charge is 0.469 e. The first-order valence-corrected chi connectivity index (χ1v) is 5.72. The number of hydrogen-bond acceptors (Lipinski definition) is 5. The zero-order chi connectivity index (χ0) is 12.8. The number of carbonyl (C=O) groups excluding carboxylic acids is 2. The van der Waals surface area contributed by atoms with Gasteiger partial charge in [0.25, 0.3) is 0 Å². The second-order valence-corrected chi connectivity index (χ2v) is 4.25. The van der Waals surface area contributed by atoms with E-state index in [-0.39, 0.29) is 18.1 Å². The zero-order valence-electron chi connectivity index (χ0n) is 10.6. The highest BCUT2D eigenvalue weighted by molar-refractivity contribution is 5.69. The molecule has 1 N–H and O–H groups in total. The van der Waals surface area contributed by atoms with Crippen molar-refractivity contribution in [3.05, 3.63) is 0 Å². The molecule has 1 rings (SSSR count). The Balaban J connectivity index is 2.34. The van der Waals surface area contributed by atoms with Gasteiger partial charge in [-0.1, -0.05) is 0 Å². The summed E-state index contributed by atoms with van der Waals surface area (Å²) in [7, 11) is 2.74. The van der Waals surface area contributed by atoms with Gasteiger partial charge in [0.15, 0.2) is 0 Å². The van der Waals surface area contributed by atoms with E-state index in [1.54, 1.807) is 0 Å². The van der Waals surface area contributed by atoms with E-state index in [4.69, 9.17) is 0 Å². The molecule has 0 saturated carbocycles. The normalized spacial score (nSPS) is 21.9. The Morgan fingerprint density at radius 3 is 2.71 bits per heavy atom. The maximum atomic E-state index is 11.1. The summed E-state index contributed by atoms with van der Waals surface area (Å²) in [5.74, 6) is -0.207. The molecule has 17 heavy (non-hydrogen) atoms. The quantitative estimate of drug-likeness (QED) is 0.724. The molecule has 1 aliphatic heterocycles. The number of amides is 1. The third kappa shape index (κ3) is 4.22. The van der Waals surface area contributed by atoms with E-state index in [0.717, 1.165) is 19.5 Å². The predicted molar refractivity (Wildman–Crippen MR) is 61.6 cm³/mol. The third-order valence-electron chi connectivity index (χ3n) is 3.04. The Kier molecular flexibility index (Phi) is 5.21. The van der Waals surface area contributed by atoms with Gasteiger partial charge in [0, 0.05) is 25.2 Å². The van der Waals surface area contributed by atoms with Gasteiger partial charge in [-0.05, 0) is 13.3 Å². The summed E-state index contributed by atoms with van der Waals surface area (Å²) in [6.45, 7) is 3.59.